The Morgan fingerprint density at radius 2 is 2.24 bits per heavy atom. The number of para-hydroxylation sites is 1. The van der Waals surface area contributed by atoms with Gasteiger partial charge in [-0.15, -0.1) is 0 Å². The summed E-state index contributed by atoms with van der Waals surface area (Å²) in [6.07, 6.45) is 4.97. The highest BCUT2D eigenvalue weighted by molar-refractivity contribution is 5.68. The highest BCUT2D eigenvalue weighted by Crippen LogP contribution is 2.36. The molecule has 2 atom stereocenters. The van der Waals surface area contributed by atoms with Crippen molar-refractivity contribution >= 4 is 11.4 Å². The van der Waals surface area contributed by atoms with E-state index < -0.39 is 0 Å². The van der Waals surface area contributed by atoms with E-state index in [2.05, 4.69) is 12.2 Å². The van der Waals surface area contributed by atoms with Crippen LogP contribution in [0.3, 0.4) is 0 Å². The first-order valence-electron chi connectivity index (χ1n) is 7.75. The van der Waals surface area contributed by atoms with Crippen LogP contribution in [0.2, 0.25) is 0 Å². The number of hydrogen-bond acceptors (Lipinski definition) is 4. The van der Waals surface area contributed by atoms with Gasteiger partial charge in [-0.2, -0.15) is 0 Å². The van der Waals surface area contributed by atoms with Gasteiger partial charge in [-0.3, -0.25) is 10.1 Å². The maximum absolute atomic E-state index is 11.3. The van der Waals surface area contributed by atoms with Gasteiger partial charge in [0.2, 0.25) is 0 Å². The van der Waals surface area contributed by atoms with E-state index in [4.69, 9.17) is 4.74 Å². The normalized spacial score (nSPS) is 21.8. The van der Waals surface area contributed by atoms with Crippen LogP contribution >= 0.6 is 0 Å². The zero-order chi connectivity index (χ0) is 15.2. The van der Waals surface area contributed by atoms with Crippen molar-refractivity contribution in [3.05, 3.63) is 28.3 Å². The van der Waals surface area contributed by atoms with Crippen molar-refractivity contribution in [1.82, 2.24) is 0 Å². The maximum Gasteiger partial charge on any atom is 0.333 e. The van der Waals surface area contributed by atoms with Crippen LogP contribution < -0.4 is 10.1 Å². The van der Waals surface area contributed by atoms with Crippen LogP contribution in [0.5, 0.6) is 5.75 Å². The average Bonchev–Trinajstić information content (AvgIpc) is 2.45. The lowest BCUT2D eigenvalue weighted by molar-refractivity contribution is -0.384. The fourth-order valence-corrected chi connectivity index (χ4v) is 3.12. The summed E-state index contributed by atoms with van der Waals surface area (Å²) in [5.74, 6) is 1.70. The number of nitrogens with one attached hydrogen (secondary N) is 1. The molecule has 1 aliphatic carbocycles. The fourth-order valence-electron chi connectivity index (χ4n) is 3.12. The topological polar surface area (TPSA) is 64.4 Å². The van der Waals surface area contributed by atoms with Gasteiger partial charge in [0.25, 0.3) is 0 Å². The van der Waals surface area contributed by atoms with E-state index in [9.17, 15) is 10.1 Å². The summed E-state index contributed by atoms with van der Waals surface area (Å²) in [5.41, 5.74) is 0.604. The molecule has 5 heteroatoms. The van der Waals surface area contributed by atoms with Crippen molar-refractivity contribution in [3.63, 3.8) is 0 Å². The molecule has 1 fully saturated rings. The molecule has 1 aliphatic rings. The summed E-state index contributed by atoms with van der Waals surface area (Å²) in [7, 11) is 0. The highest BCUT2D eigenvalue weighted by Gasteiger charge is 2.23. The van der Waals surface area contributed by atoms with E-state index in [-0.39, 0.29) is 10.6 Å². The number of nitro benzene ring substituents is 1. The quantitative estimate of drug-likeness (QED) is 0.629. The van der Waals surface area contributed by atoms with Crippen LogP contribution in [0.15, 0.2) is 18.2 Å². The molecule has 0 aliphatic heterocycles. The van der Waals surface area contributed by atoms with Gasteiger partial charge in [0.15, 0.2) is 5.75 Å². The van der Waals surface area contributed by atoms with Crippen LogP contribution in [0.25, 0.3) is 0 Å². The van der Waals surface area contributed by atoms with Gasteiger partial charge in [-0.05, 0) is 43.7 Å². The molecule has 2 rings (SSSR count). The molecule has 0 radical (unpaired) electrons. The minimum atomic E-state index is -0.364. The number of nitrogens with zero attached hydrogens (tertiary/aromatic N) is 1. The Labute approximate surface area is 125 Å². The molecule has 2 unspecified atom stereocenters. The third-order valence-corrected chi connectivity index (χ3v) is 4.11. The van der Waals surface area contributed by atoms with Crippen molar-refractivity contribution in [2.24, 2.45) is 11.8 Å². The van der Waals surface area contributed by atoms with Crippen molar-refractivity contribution in [3.8, 4) is 5.75 Å². The molecule has 1 aromatic carbocycles. The van der Waals surface area contributed by atoms with E-state index in [0.29, 0.717) is 24.0 Å². The van der Waals surface area contributed by atoms with E-state index >= 15 is 0 Å². The van der Waals surface area contributed by atoms with Crippen LogP contribution in [-0.2, 0) is 0 Å². The molecule has 0 saturated heterocycles. The summed E-state index contributed by atoms with van der Waals surface area (Å²) in [4.78, 5) is 10.9. The van der Waals surface area contributed by atoms with Crippen LogP contribution in [0, 0.1) is 22.0 Å². The zero-order valence-corrected chi connectivity index (χ0v) is 12.8. The summed E-state index contributed by atoms with van der Waals surface area (Å²) in [6.45, 7) is 5.32. The SMILES string of the molecule is CCOc1cccc(NCC2CCCC(C)C2)c1[N+](=O)[O-]. The zero-order valence-electron chi connectivity index (χ0n) is 12.8. The molecule has 0 spiro atoms. The number of rotatable bonds is 6. The van der Waals surface area contributed by atoms with Crippen LogP contribution in [0.4, 0.5) is 11.4 Å². The Hall–Kier alpha value is -1.78. The third kappa shape index (κ3) is 4.09. The summed E-state index contributed by atoms with van der Waals surface area (Å²) in [6, 6.07) is 5.20. The number of hydrogen-bond donors (Lipinski definition) is 1. The number of nitro groups is 1. The Morgan fingerprint density at radius 3 is 2.90 bits per heavy atom. The van der Waals surface area contributed by atoms with Gasteiger partial charge in [0.1, 0.15) is 5.69 Å². The predicted molar refractivity (Wildman–Crippen MR) is 83.9 cm³/mol. The van der Waals surface area contributed by atoms with Gasteiger partial charge in [0, 0.05) is 6.54 Å². The van der Waals surface area contributed by atoms with E-state index in [0.717, 1.165) is 12.5 Å². The largest absolute Gasteiger partial charge is 0.487 e. The van der Waals surface area contributed by atoms with Crippen molar-refractivity contribution < 1.29 is 9.66 Å². The Kier molecular flexibility index (Phi) is 5.42. The van der Waals surface area contributed by atoms with E-state index in [1.807, 2.05) is 6.92 Å². The van der Waals surface area contributed by atoms with Gasteiger partial charge in [-0.1, -0.05) is 25.8 Å². The smallest absolute Gasteiger partial charge is 0.333 e. The molecule has 21 heavy (non-hydrogen) atoms. The lowest BCUT2D eigenvalue weighted by Crippen LogP contribution is -2.21. The minimum Gasteiger partial charge on any atom is -0.487 e. The number of ether oxygens (including phenoxy) is 1. The molecular weight excluding hydrogens is 268 g/mol. The number of benzene rings is 1. The highest BCUT2D eigenvalue weighted by atomic mass is 16.6. The summed E-state index contributed by atoms with van der Waals surface area (Å²) >= 11 is 0. The van der Waals surface area contributed by atoms with Crippen molar-refractivity contribution in [2.75, 3.05) is 18.5 Å². The molecule has 1 saturated carbocycles. The molecule has 116 valence electrons. The molecule has 1 N–H and O–H groups in total. The average molecular weight is 292 g/mol. The lowest BCUT2D eigenvalue weighted by atomic mass is 9.82. The number of anilines is 1. The fraction of sp³-hybridized carbons (Fsp3) is 0.625. The first kappa shape index (κ1) is 15.6. The molecule has 5 nitrogen and oxygen atoms in total. The van der Waals surface area contributed by atoms with Crippen molar-refractivity contribution in [1.29, 1.82) is 0 Å². The molecule has 0 aromatic heterocycles. The second-order valence-corrected chi connectivity index (χ2v) is 5.86. The monoisotopic (exact) mass is 292 g/mol. The van der Waals surface area contributed by atoms with Crippen LogP contribution in [-0.4, -0.2) is 18.1 Å². The Morgan fingerprint density at radius 1 is 1.43 bits per heavy atom. The predicted octanol–water partition coefficient (Wildman–Crippen LogP) is 4.23. The molecular formula is C16H24N2O3. The van der Waals surface area contributed by atoms with Gasteiger partial charge in [-0.25, -0.2) is 0 Å². The molecule has 1 aromatic rings. The minimum absolute atomic E-state index is 0.0446. The second kappa shape index (κ2) is 7.29. The van der Waals surface area contributed by atoms with Gasteiger partial charge < -0.3 is 10.1 Å². The third-order valence-electron chi connectivity index (χ3n) is 4.11. The standard InChI is InChI=1S/C16H24N2O3/c1-3-21-15-9-5-8-14(16(15)18(19)20)17-11-13-7-4-6-12(2)10-13/h5,8-9,12-13,17H,3-4,6-7,10-11H2,1-2H3. The van der Waals surface area contributed by atoms with Crippen molar-refractivity contribution in [2.45, 2.75) is 39.5 Å². The maximum atomic E-state index is 11.3. The summed E-state index contributed by atoms with van der Waals surface area (Å²) < 4.78 is 5.37. The van der Waals surface area contributed by atoms with Gasteiger partial charge in [0.05, 0.1) is 11.5 Å². The Balaban J connectivity index is 2.08. The molecule has 0 heterocycles. The van der Waals surface area contributed by atoms with Gasteiger partial charge >= 0.3 is 5.69 Å². The summed E-state index contributed by atoms with van der Waals surface area (Å²) in [5, 5.41) is 14.6. The first-order chi connectivity index (χ1) is 10.1. The first-order valence-corrected chi connectivity index (χ1v) is 7.75. The Bertz CT molecular complexity index is 490. The molecule has 0 bridgehead atoms. The molecule has 0 amide bonds. The second-order valence-electron chi connectivity index (χ2n) is 5.86. The van der Waals surface area contributed by atoms with Crippen LogP contribution in [0.1, 0.15) is 39.5 Å². The van der Waals surface area contributed by atoms with E-state index in [1.54, 1.807) is 18.2 Å². The lowest BCUT2D eigenvalue weighted by Gasteiger charge is -2.27. The van der Waals surface area contributed by atoms with E-state index in [1.165, 1.54) is 25.7 Å².